The quantitative estimate of drug-likeness (QED) is 0.704. The lowest BCUT2D eigenvalue weighted by molar-refractivity contribution is -0.274. The number of carboxylic acid groups (broad SMARTS) is 1. The van der Waals surface area contributed by atoms with Gasteiger partial charge in [-0.1, -0.05) is 6.07 Å². The summed E-state index contributed by atoms with van der Waals surface area (Å²) < 4.78 is 55.7. The highest BCUT2D eigenvalue weighted by Gasteiger charge is 2.31. The van der Waals surface area contributed by atoms with Crippen LogP contribution in [-0.4, -0.2) is 27.2 Å². The molecule has 2 aromatic carbocycles. The van der Waals surface area contributed by atoms with Gasteiger partial charge < -0.3 is 9.84 Å². The molecule has 0 radical (unpaired) electrons. The summed E-state index contributed by atoms with van der Waals surface area (Å²) in [5.41, 5.74) is 1.12. The van der Waals surface area contributed by atoms with Crippen LogP contribution in [0.3, 0.4) is 0 Å². The van der Waals surface area contributed by atoms with Gasteiger partial charge in [-0.05, 0) is 42.3 Å². The van der Waals surface area contributed by atoms with Crippen molar-refractivity contribution < 1.29 is 32.2 Å². The predicted molar refractivity (Wildman–Crippen MR) is 83.6 cm³/mol. The van der Waals surface area contributed by atoms with Crippen LogP contribution in [0.15, 0.2) is 36.4 Å². The summed E-state index contributed by atoms with van der Waals surface area (Å²) in [7, 11) is 0. The molecule has 0 amide bonds. The second-order valence-corrected chi connectivity index (χ2v) is 5.61. The van der Waals surface area contributed by atoms with Gasteiger partial charge in [0.15, 0.2) is 5.69 Å². The first-order valence-electron chi connectivity index (χ1n) is 7.38. The second kappa shape index (κ2) is 6.32. The number of carbonyl (C=O) groups is 1. The number of rotatable bonds is 4. The van der Waals surface area contributed by atoms with E-state index in [1.54, 1.807) is 6.92 Å². The van der Waals surface area contributed by atoms with E-state index in [0.717, 1.165) is 12.1 Å². The number of hydrogen-bond donors (Lipinski definition) is 1. The van der Waals surface area contributed by atoms with E-state index in [-0.39, 0.29) is 23.1 Å². The minimum Gasteiger partial charge on any atom is -0.476 e. The molecular weight excluding hydrogens is 356 g/mol. The standard InChI is InChI=1S/C17H12F4N2O3/c1-9-6-11(18)3-2-10(9)8-23-14-7-12(26-17(19,20)21)4-5-13(14)15(22-23)16(24)25/h2-7H,8H2,1H3,(H,24,25). The third kappa shape index (κ3) is 3.61. The van der Waals surface area contributed by atoms with Crippen molar-refractivity contribution in [3.8, 4) is 5.75 Å². The lowest BCUT2D eigenvalue weighted by Gasteiger charge is -2.10. The molecule has 0 aliphatic heterocycles. The van der Waals surface area contributed by atoms with E-state index in [2.05, 4.69) is 9.84 Å². The Morgan fingerprint density at radius 2 is 1.96 bits per heavy atom. The Bertz CT molecular complexity index is 996. The number of nitrogens with zero attached hydrogens (tertiary/aromatic N) is 2. The SMILES string of the molecule is Cc1cc(F)ccc1Cn1nc(C(=O)O)c2ccc(OC(F)(F)F)cc21. The number of carboxylic acids is 1. The molecule has 1 aromatic heterocycles. The largest absolute Gasteiger partial charge is 0.573 e. The maximum atomic E-state index is 13.2. The minimum absolute atomic E-state index is 0.0609. The lowest BCUT2D eigenvalue weighted by Crippen LogP contribution is -2.17. The van der Waals surface area contributed by atoms with Gasteiger partial charge in [0.25, 0.3) is 0 Å². The summed E-state index contributed by atoms with van der Waals surface area (Å²) in [5, 5.41) is 13.4. The van der Waals surface area contributed by atoms with Crippen LogP contribution in [0.5, 0.6) is 5.75 Å². The number of alkyl halides is 3. The van der Waals surface area contributed by atoms with Gasteiger partial charge in [0.1, 0.15) is 11.6 Å². The van der Waals surface area contributed by atoms with Crippen LogP contribution >= 0.6 is 0 Å². The van der Waals surface area contributed by atoms with Gasteiger partial charge in [0.05, 0.1) is 12.1 Å². The second-order valence-electron chi connectivity index (χ2n) is 5.61. The number of halogens is 4. The monoisotopic (exact) mass is 368 g/mol. The molecule has 26 heavy (non-hydrogen) atoms. The molecule has 0 fully saturated rings. The molecule has 5 nitrogen and oxygen atoms in total. The number of aromatic carboxylic acids is 1. The molecule has 0 unspecified atom stereocenters. The smallest absolute Gasteiger partial charge is 0.476 e. The first kappa shape index (κ1) is 17.7. The molecule has 3 rings (SSSR count). The van der Waals surface area contributed by atoms with Gasteiger partial charge in [0, 0.05) is 11.5 Å². The summed E-state index contributed by atoms with van der Waals surface area (Å²) in [4.78, 5) is 11.4. The van der Waals surface area contributed by atoms with Crippen LogP contribution in [0.25, 0.3) is 10.9 Å². The molecule has 1 heterocycles. The Hall–Kier alpha value is -3.10. The molecule has 0 spiro atoms. The Morgan fingerprint density at radius 1 is 1.23 bits per heavy atom. The summed E-state index contributed by atoms with van der Waals surface area (Å²) in [6, 6.07) is 7.36. The number of aryl methyl sites for hydroxylation is 1. The zero-order valence-electron chi connectivity index (χ0n) is 13.3. The summed E-state index contributed by atoms with van der Waals surface area (Å²) in [6.45, 7) is 1.73. The van der Waals surface area contributed by atoms with E-state index in [9.17, 15) is 27.5 Å². The first-order valence-corrected chi connectivity index (χ1v) is 7.38. The van der Waals surface area contributed by atoms with E-state index in [1.807, 2.05) is 0 Å². The van der Waals surface area contributed by atoms with Crippen molar-refractivity contribution in [3.05, 3.63) is 59.0 Å². The van der Waals surface area contributed by atoms with Crippen molar-refractivity contribution in [2.45, 2.75) is 19.8 Å². The van der Waals surface area contributed by atoms with E-state index in [4.69, 9.17) is 0 Å². The van der Waals surface area contributed by atoms with Gasteiger partial charge in [-0.2, -0.15) is 5.10 Å². The van der Waals surface area contributed by atoms with Crippen molar-refractivity contribution in [1.29, 1.82) is 0 Å². The van der Waals surface area contributed by atoms with E-state index >= 15 is 0 Å². The third-order valence-electron chi connectivity index (χ3n) is 3.78. The van der Waals surface area contributed by atoms with Crippen molar-refractivity contribution >= 4 is 16.9 Å². The third-order valence-corrected chi connectivity index (χ3v) is 3.78. The van der Waals surface area contributed by atoms with Gasteiger partial charge in [-0.15, -0.1) is 13.2 Å². The van der Waals surface area contributed by atoms with Crippen LogP contribution in [0.2, 0.25) is 0 Å². The summed E-state index contributed by atoms with van der Waals surface area (Å²) in [5.74, 6) is -2.23. The fourth-order valence-electron chi connectivity index (χ4n) is 2.63. The summed E-state index contributed by atoms with van der Waals surface area (Å²) in [6.07, 6.45) is -4.87. The van der Waals surface area contributed by atoms with Crippen LogP contribution in [0.4, 0.5) is 17.6 Å². The molecule has 3 aromatic rings. The Kier molecular flexibility index (Phi) is 4.31. The molecule has 0 aliphatic rings. The van der Waals surface area contributed by atoms with E-state index < -0.39 is 23.9 Å². The fraction of sp³-hybridized carbons (Fsp3) is 0.176. The van der Waals surface area contributed by atoms with Gasteiger partial charge in [-0.25, -0.2) is 9.18 Å². The van der Waals surface area contributed by atoms with Crippen molar-refractivity contribution in [2.24, 2.45) is 0 Å². The van der Waals surface area contributed by atoms with Gasteiger partial charge in [0.2, 0.25) is 0 Å². The highest BCUT2D eigenvalue weighted by Crippen LogP contribution is 2.29. The molecule has 136 valence electrons. The Morgan fingerprint density at radius 3 is 2.58 bits per heavy atom. The topological polar surface area (TPSA) is 64.4 Å². The summed E-state index contributed by atoms with van der Waals surface area (Å²) >= 11 is 0. The van der Waals surface area contributed by atoms with Crippen LogP contribution in [0.1, 0.15) is 21.6 Å². The van der Waals surface area contributed by atoms with Gasteiger partial charge in [-0.3, -0.25) is 4.68 Å². The van der Waals surface area contributed by atoms with Crippen LogP contribution < -0.4 is 4.74 Å². The predicted octanol–water partition coefficient (Wildman–Crippen LogP) is 4.13. The van der Waals surface area contributed by atoms with Crippen molar-refractivity contribution in [3.63, 3.8) is 0 Å². The molecule has 0 saturated carbocycles. The molecule has 0 saturated heterocycles. The molecule has 0 bridgehead atoms. The zero-order chi connectivity index (χ0) is 19.1. The molecule has 1 N–H and O–H groups in total. The van der Waals surface area contributed by atoms with Gasteiger partial charge >= 0.3 is 12.3 Å². The minimum atomic E-state index is -4.87. The van der Waals surface area contributed by atoms with Crippen molar-refractivity contribution in [2.75, 3.05) is 0 Å². The molecular formula is C17H12F4N2O3. The zero-order valence-corrected chi connectivity index (χ0v) is 13.3. The van der Waals surface area contributed by atoms with Crippen LogP contribution in [0, 0.1) is 12.7 Å². The Balaban J connectivity index is 2.10. The average molecular weight is 368 g/mol. The van der Waals surface area contributed by atoms with Crippen LogP contribution in [-0.2, 0) is 6.54 Å². The highest BCUT2D eigenvalue weighted by atomic mass is 19.4. The maximum Gasteiger partial charge on any atom is 0.573 e. The number of ether oxygens (including phenoxy) is 1. The number of hydrogen-bond acceptors (Lipinski definition) is 3. The fourth-order valence-corrected chi connectivity index (χ4v) is 2.63. The maximum absolute atomic E-state index is 13.2. The Labute approximate surface area is 144 Å². The molecule has 9 heteroatoms. The number of benzene rings is 2. The first-order chi connectivity index (χ1) is 12.1. The van der Waals surface area contributed by atoms with E-state index in [0.29, 0.717) is 11.1 Å². The normalized spacial score (nSPS) is 11.7. The molecule has 0 atom stereocenters. The van der Waals surface area contributed by atoms with Crippen molar-refractivity contribution in [1.82, 2.24) is 9.78 Å². The average Bonchev–Trinajstić information content (AvgIpc) is 2.87. The molecule has 0 aliphatic carbocycles. The highest BCUT2D eigenvalue weighted by molar-refractivity contribution is 6.01. The lowest BCUT2D eigenvalue weighted by atomic mass is 10.1. The van der Waals surface area contributed by atoms with E-state index in [1.165, 1.54) is 28.9 Å². The number of fused-ring (bicyclic) bond motifs is 1. The number of aromatic nitrogens is 2.